The van der Waals surface area contributed by atoms with Gasteiger partial charge in [0.1, 0.15) is 11.5 Å². The molecule has 0 aromatic heterocycles. The van der Waals surface area contributed by atoms with Gasteiger partial charge in [0, 0.05) is 35.4 Å². The van der Waals surface area contributed by atoms with Crippen molar-refractivity contribution in [2.75, 3.05) is 0 Å². The van der Waals surface area contributed by atoms with Crippen LogP contribution in [0.15, 0.2) is 97.1 Å². The summed E-state index contributed by atoms with van der Waals surface area (Å²) in [6.45, 7) is 0. The van der Waals surface area contributed by atoms with Crippen LogP contribution in [0.4, 0.5) is 11.4 Å². The Morgan fingerprint density at radius 1 is 0.571 bits per heavy atom. The summed E-state index contributed by atoms with van der Waals surface area (Å²) in [6.07, 6.45) is 0. The van der Waals surface area contributed by atoms with Crippen LogP contribution >= 0.6 is 0 Å². The minimum atomic E-state index is -0.637. The first-order valence-electron chi connectivity index (χ1n) is 10.3. The van der Waals surface area contributed by atoms with Crippen LogP contribution in [0.25, 0.3) is 0 Å². The highest BCUT2D eigenvalue weighted by Crippen LogP contribution is 2.34. The maximum absolute atomic E-state index is 13.2. The van der Waals surface area contributed by atoms with Gasteiger partial charge in [-0.3, -0.25) is 29.8 Å². The van der Waals surface area contributed by atoms with Crippen molar-refractivity contribution < 1.29 is 24.2 Å². The van der Waals surface area contributed by atoms with Crippen LogP contribution in [0.3, 0.4) is 0 Å². The van der Waals surface area contributed by atoms with E-state index in [0.29, 0.717) is 0 Å². The van der Waals surface area contributed by atoms with Crippen molar-refractivity contribution in [3.8, 4) is 11.5 Å². The Labute approximate surface area is 198 Å². The summed E-state index contributed by atoms with van der Waals surface area (Å²) < 4.78 is 5.91. The molecular weight excluding hydrogens is 452 g/mol. The lowest BCUT2D eigenvalue weighted by molar-refractivity contribution is -0.385. The van der Waals surface area contributed by atoms with Gasteiger partial charge in [-0.15, -0.1) is 0 Å². The van der Waals surface area contributed by atoms with E-state index in [2.05, 4.69) is 0 Å². The number of ketones is 2. The van der Waals surface area contributed by atoms with E-state index in [1.165, 1.54) is 24.3 Å². The molecule has 0 saturated heterocycles. The molecule has 0 aliphatic heterocycles. The molecule has 0 unspecified atom stereocenters. The van der Waals surface area contributed by atoms with Crippen molar-refractivity contribution in [1.82, 2.24) is 0 Å². The second-order valence-corrected chi connectivity index (χ2v) is 7.37. The normalized spacial score (nSPS) is 10.4. The van der Waals surface area contributed by atoms with Gasteiger partial charge in [0.05, 0.1) is 21.0 Å². The third kappa shape index (κ3) is 4.93. The molecule has 0 aliphatic rings. The fourth-order valence-electron chi connectivity index (χ4n) is 3.40. The molecule has 0 spiro atoms. The van der Waals surface area contributed by atoms with Gasteiger partial charge in [0.15, 0.2) is 11.6 Å². The molecule has 0 fully saturated rings. The minimum absolute atomic E-state index is 0.0413. The summed E-state index contributed by atoms with van der Waals surface area (Å²) in [5.74, 6) is -1.13. The lowest BCUT2D eigenvalue weighted by Crippen LogP contribution is -2.07. The van der Waals surface area contributed by atoms with Crippen LogP contribution in [0.2, 0.25) is 0 Å². The Morgan fingerprint density at radius 3 is 1.29 bits per heavy atom. The zero-order chi connectivity index (χ0) is 24.9. The SMILES string of the molecule is O=C(c1ccccc1)c1cc([N+](=O)[O-])ccc1Oc1ccc([N+](=O)[O-])cc1C(=O)c1ccccc1. The minimum Gasteiger partial charge on any atom is -0.456 e. The molecule has 0 aliphatic carbocycles. The number of hydrogen-bond acceptors (Lipinski definition) is 7. The number of rotatable bonds is 8. The fraction of sp³-hybridized carbons (Fsp3) is 0. The van der Waals surface area contributed by atoms with E-state index in [1.54, 1.807) is 60.7 Å². The number of carbonyl (C=O) groups excluding carboxylic acids is 2. The van der Waals surface area contributed by atoms with Crippen LogP contribution in [-0.4, -0.2) is 21.4 Å². The van der Waals surface area contributed by atoms with E-state index in [1.807, 2.05) is 0 Å². The zero-order valence-electron chi connectivity index (χ0n) is 18.0. The third-order valence-electron chi connectivity index (χ3n) is 5.13. The summed E-state index contributed by atoms with van der Waals surface area (Å²) in [5, 5.41) is 22.7. The Balaban J connectivity index is 1.83. The Morgan fingerprint density at radius 2 is 0.943 bits per heavy atom. The number of nitrogens with zero attached hydrogens (tertiary/aromatic N) is 2. The van der Waals surface area contributed by atoms with Gasteiger partial charge in [-0.05, 0) is 12.1 Å². The molecule has 4 rings (SSSR count). The predicted molar refractivity (Wildman–Crippen MR) is 126 cm³/mol. The van der Waals surface area contributed by atoms with Crippen LogP contribution < -0.4 is 4.74 Å². The first kappa shape index (κ1) is 23.0. The number of ether oxygens (including phenoxy) is 1. The Bertz CT molecular complexity index is 1340. The largest absolute Gasteiger partial charge is 0.456 e. The molecule has 0 radical (unpaired) electrons. The summed E-state index contributed by atoms with van der Waals surface area (Å²) in [6, 6.07) is 23.3. The van der Waals surface area contributed by atoms with E-state index in [-0.39, 0.29) is 45.1 Å². The van der Waals surface area contributed by atoms with Crippen molar-refractivity contribution in [1.29, 1.82) is 0 Å². The summed E-state index contributed by atoms with van der Waals surface area (Å²) >= 11 is 0. The quantitative estimate of drug-likeness (QED) is 0.183. The van der Waals surface area contributed by atoms with Crippen molar-refractivity contribution in [2.24, 2.45) is 0 Å². The van der Waals surface area contributed by atoms with Crippen molar-refractivity contribution in [3.63, 3.8) is 0 Å². The van der Waals surface area contributed by atoms with Crippen molar-refractivity contribution in [2.45, 2.75) is 0 Å². The highest BCUT2D eigenvalue weighted by Gasteiger charge is 2.23. The molecule has 0 heterocycles. The molecule has 4 aromatic carbocycles. The van der Waals surface area contributed by atoms with E-state index >= 15 is 0 Å². The van der Waals surface area contributed by atoms with Gasteiger partial charge in [0.2, 0.25) is 0 Å². The first-order chi connectivity index (χ1) is 16.8. The molecule has 0 N–H and O–H groups in total. The van der Waals surface area contributed by atoms with Gasteiger partial charge in [-0.2, -0.15) is 0 Å². The van der Waals surface area contributed by atoms with Gasteiger partial charge < -0.3 is 4.74 Å². The summed E-state index contributed by atoms with van der Waals surface area (Å²) in [5.41, 5.74) is -0.269. The van der Waals surface area contributed by atoms with Crippen LogP contribution in [0.1, 0.15) is 31.8 Å². The Hall–Kier alpha value is -5.18. The number of carbonyl (C=O) groups is 2. The number of nitro groups is 2. The van der Waals surface area contributed by atoms with Crippen molar-refractivity contribution >= 4 is 22.9 Å². The topological polar surface area (TPSA) is 130 Å². The second kappa shape index (κ2) is 9.75. The van der Waals surface area contributed by atoms with Gasteiger partial charge >= 0.3 is 0 Å². The van der Waals surface area contributed by atoms with E-state index < -0.39 is 21.4 Å². The summed E-state index contributed by atoms with van der Waals surface area (Å²) in [4.78, 5) is 47.7. The van der Waals surface area contributed by atoms with Crippen LogP contribution in [-0.2, 0) is 0 Å². The fourth-order valence-corrected chi connectivity index (χ4v) is 3.40. The number of nitro benzene ring substituents is 2. The van der Waals surface area contributed by atoms with Gasteiger partial charge in [-0.25, -0.2) is 0 Å². The van der Waals surface area contributed by atoms with Crippen molar-refractivity contribution in [3.05, 3.63) is 140 Å². The maximum atomic E-state index is 13.2. The standard InChI is InChI=1S/C26H16N2O7/c29-25(17-7-3-1-4-8-17)21-15-19(27(31)32)11-13-23(21)35-24-14-12-20(28(33)34)16-22(24)26(30)18-9-5-2-6-10-18/h1-16H. The molecule has 35 heavy (non-hydrogen) atoms. The molecule has 0 atom stereocenters. The molecule has 4 aromatic rings. The molecular formula is C26H16N2O7. The molecule has 0 bridgehead atoms. The summed E-state index contributed by atoms with van der Waals surface area (Å²) in [7, 11) is 0. The van der Waals surface area contributed by atoms with Gasteiger partial charge in [0.25, 0.3) is 11.4 Å². The zero-order valence-corrected chi connectivity index (χ0v) is 18.0. The average Bonchev–Trinajstić information content (AvgIpc) is 2.89. The highest BCUT2D eigenvalue weighted by atomic mass is 16.6. The lowest BCUT2D eigenvalue weighted by atomic mass is 10.0. The highest BCUT2D eigenvalue weighted by molar-refractivity contribution is 6.12. The molecule has 0 amide bonds. The van der Waals surface area contributed by atoms with E-state index in [9.17, 15) is 29.8 Å². The maximum Gasteiger partial charge on any atom is 0.270 e. The Kier molecular flexibility index (Phi) is 6.41. The number of benzene rings is 4. The van der Waals surface area contributed by atoms with E-state index in [4.69, 9.17) is 4.74 Å². The predicted octanol–water partition coefficient (Wildman–Crippen LogP) is 5.76. The first-order valence-corrected chi connectivity index (χ1v) is 10.3. The molecule has 0 saturated carbocycles. The van der Waals surface area contributed by atoms with Gasteiger partial charge in [-0.1, -0.05) is 60.7 Å². The van der Waals surface area contributed by atoms with Crippen LogP contribution in [0.5, 0.6) is 11.5 Å². The lowest BCUT2D eigenvalue weighted by Gasteiger charge is -2.14. The third-order valence-corrected chi connectivity index (χ3v) is 5.13. The average molecular weight is 468 g/mol. The monoisotopic (exact) mass is 468 g/mol. The smallest absolute Gasteiger partial charge is 0.270 e. The molecule has 9 nitrogen and oxygen atoms in total. The number of hydrogen-bond donors (Lipinski definition) is 0. The molecule has 172 valence electrons. The van der Waals surface area contributed by atoms with Crippen LogP contribution in [0, 0.1) is 20.2 Å². The molecule has 9 heteroatoms. The van der Waals surface area contributed by atoms with E-state index in [0.717, 1.165) is 12.1 Å². The number of non-ortho nitro benzene ring substituents is 2. The second-order valence-electron chi connectivity index (χ2n) is 7.37.